The molecule has 3 rings (SSSR count). The SMILES string of the molecule is CC1(CN)CCN(CC2=NS(=O)(=O)c3ccccc3N2)C1.Cl. The van der Waals surface area contributed by atoms with Gasteiger partial charge in [-0.15, -0.1) is 16.8 Å². The molecule has 1 aromatic carbocycles. The first-order chi connectivity index (χ1) is 9.92. The molecular formula is C14H21ClN4O2S. The van der Waals surface area contributed by atoms with E-state index in [1.165, 1.54) is 0 Å². The van der Waals surface area contributed by atoms with Crippen LogP contribution in [0.5, 0.6) is 0 Å². The highest BCUT2D eigenvalue weighted by Gasteiger charge is 2.34. The zero-order valence-corrected chi connectivity index (χ0v) is 14.1. The topological polar surface area (TPSA) is 87.8 Å². The summed E-state index contributed by atoms with van der Waals surface area (Å²) in [5, 5.41) is 3.12. The molecule has 1 fully saturated rings. The predicted octanol–water partition coefficient (Wildman–Crippen LogP) is 1.29. The number of fused-ring (bicyclic) bond motifs is 1. The van der Waals surface area contributed by atoms with E-state index < -0.39 is 10.0 Å². The van der Waals surface area contributed by atoms with Crippen LogP contribution >= 0.6 is 12.4 Å². The van der Waals surface area contributed by atoms with Crippen LogP contribution in [0.2, 0.25) is 0 Å². The van der Waals surface area contributed by atoms with Crippen LogP contribution in [0, 0.1) is 5.41 Å². The second-order valence-electron chi connectivity index (χ2n) is 6.11. The molecule has 0 spiro atoms. The van der Waals surface area contributed by atoms with E-state index in [0.717, 1.165) is 19.5 Å². The number of anilines is 1. The minimum absolute atomic E-state index is 0. The Morgan fingerprint density at radius 1 is 1.41 bits per heavy atom. The number of hydrogen-bond donors (Lipinski definition) is 2. The van der Waals surface area contributed by atoms with Crippen molar-refractivity contribution in [1.29, 1.82) is 0 Å². The summed E-state index contributed by atoms with van der Waals surface area (Å²) in [6.07, 6.45) is 1.03. The average Bonchev–Trinajstić information content (AvgIpc) is 2.80. The molecule has 1 atom stereocenters. The fraction of sp³-hybridized carbons (Fsp3) is 0.500. The molecule has 0 bridgehead atoms. The molecule has 0 aromatic heterocycles. The lowest BCUT2D eigenvalue weighted by molar-refractivity contribution is 0.305. The van der Waals surface area contributed by atoms with Crippen LogP contribution in [0.3, 0.4) is 0 Å². The van der Waals surface area contributed by atoms with Gasteiger partial charge in [-0.05, 0) is 37.1 Å². The summed E-state index contributed by atoms with van der Waals surface area (Å²) >= 11 is 0. The summed E-state index contributed by atoms with van der Waals surface area (Å²) in [4.78, 5) is 2.43. The van der Waals surface area contributed by atoms with E-state index in [1.54, 1.807) is 18.2 Å². The second-order valence-corrected chi connectivity index (χ2v) is 7.68. The Bertz CT molecular complexity index is 692. The van der Waals surface area contributed by atoms with Crippen LogP contribution in [0.15, 0.2) is 33.6 Å². The number of benzene rings is 1. The minimum Gasteiger partial charge on any atom is -0.341 e. The van der Waals surface area contributed by atoms with E-state index in [1.807, 2.05) is 6.07 Å². The van der Waals surface area contributed by atoms with Gasteiger partial charge in [-0.25, -0.2) is 0 Å². The summed E-state index contributed by atoms with van der Waals surface area (Å²) in [5.41, 5.74) is 6.52. The molecule has 0 saturated carbocycles. The third kappa shape index (κ3) is 3.27. The van der Waals surface area contributed by atoms with Crippen LogP contribution in [0.4, 0.5) is 5.69 Å². The second kappa shape index (κ2) is 6.16. The lowest BCUT2D eigenvalue weighted by atomic mass is 9.90. The molecule has 8 heteroatoms. The van der Waals surface area contributed by atoms with Crippen molar-refractivity contribution in [1.82, 2.24) is 4.90 Å². The molecule has 1 unspecified atom stereocenters. The van der Waals surface area contributed by atoms with Crippen molar-refractivity contribution >= 4 is 34.0 Å². The standard InChI is InChI=1S/C14H20N4O2S.ClH/c1-14(9-15)6-7-18(10-14)8-13-16-11-4-2-3-5-12(11)21(19,20)17-13;/h2-5H,6-10,15H2,1H3,(H,16,17);1H. The molecule has 122 valence electrons. The van der Waals surface area contributed by atoms with Gasteiger partial charge in [0.1, 0.15) is 10.7 Å². The number of nitrogens with one attached hydrogen (secondary N) is 1. The highest BCUT2D eigenvalue weighted by molar-refractivity contribution is 7.90. The van der Waals surface area contributed by atoms with Gasteiger partial charge in [-0.1, -0.05) is 19.1 Å². The maximum atomic E-state index is 12.2. The Hall–Kier alpha value is -1.15. The monoisotopic (exact) mass is 344 g/mol. The molecule has 2 aliphatic rings. The fourth-order valence-electron chi connectivity index (χ4n) is 2.88. The van der Waals surface area contributed by atoms with Gasteiger partial charge < -0.3 is 11.1 Å². The van der Waals surface area contributed by atoms with Crippen molar-refractivity contribution in [3.05, 3.63) is 24.3 Å². The van der Waals surface area contributed by atoms with Crippen LogP contribution < -0.4 is 11.1 Å². The third-order valence-corrected chi connectivity index (χ3v) is 5.55. The van der Waals surface area contributed by atoms with Crippen LogP contribution in [0.1, 0.15) is 13.3 Å². The lowest BCUT2D eigenvalue weighted by Crippen LogP contribution is -2.37. The summed E-state index contributed by atoms with van der Waals surface area (Å²) < 4.78 is 28.2. The molecule has 2 heterocycles. The van der Waals surface area contributed by atoms with Gasteiger partial charge in [0, 0.05) is 6.54 Å². The third-order valence-electron chi connectivity index (χ3n) is 4.18. The van der Waals surface area contributed by atoms with Gasteiger partial charge in [0.05, 0.1) is 12.2 Å². The molecule has 3 N–H and O–H groups in total. The van der Waals surface area contributed by atoms with Crippen LogP contribution in [-0.4, -0.2) is 45.3 Å². The molecule has 0 aliphatic carbocycles. The number of amidine groups is 1. The van der Waals surface area contributed by atoms with Crippen molar-refractivity contribution in [3.63, 3.8) is 0 Å². The summed E-state index contributed by atoms with van der Waals surface area (Å²) in [5.74, 6) is 0.481. The number of likely N-dealkylation sites (tertiary alicyclic amines) is 1. The number of para-hydroxylation sites is 1. The zero-order valence-electron chi connectivity index (χ0n) is 12.4. The maximum absolute atomic E-state index is 12.2. The average molecular weight is 345 g/mol. The number of rotatable bonds is 3. The molecule has 22 heavy (non-hydrogen) atoms. The molecule has 1 aromatic rings. The van der Waals surface area contributed by atoms with Crippen molar-refractivity contribution in [2.75, 3.05) is 31.5 Å². The number of halogens is 1. The van der Waals surface area contributed by atoms with E-state index in [-0.39, 0.29) is 22.7 Å². The minimum atomic E-state index is -3.59. The maximum Gasteiger partial charge on any atom is 0.286 e. The van der Waals surface area contributed by atoms with Gasteiger partial charge in [0.15, 0.2) is 0 Å². The van der Waals surface area contributed by atoms with Gasteiger partial charge in [0.2, 0.25) is 0 Å². The van der Waals surface area contributed by atoms with Crippen molar-refractivity contribution in [3.8, 4) is 0 Å². The van der Waals surface area contributed by atoms with E-state index in [0.29, 0.717) is 24.6 Å². The van der Waals surface area contributed by atoms with Crippen molar-refractivity contribution in [2.24, 2.45) is 15.5 Å². The van der Waals surface area contributed by atoms with E-state index >= 15 is 0 Å². The Kier molecular flexibility index (Phi) is 4.81. The van der Waals surface area contributed by atoms with Crippen molar-refractivity contribution < 1.29 is 8.42 Å². The van der Waals surface area contributed by atoms with E-state index in [9.17, 15) is 8.42 Å². The van der Waals surface area contributed by atoms with Gasteiger partial charge >= 0.3 is 0 Å². The lowest BCUT2D eigenvalue weighted by Gasteiger charge is -2.24. The van der Waals surface area contributed by atoms with Gasteiger partial charge in [0.25, 0.3) is 10.0 Å². The van der Waals surface area contributed by atoms with Gasteiger partial charge in [-0.2, -0.15) is 8.42 Å². The smallest absolute Gasteiger partial charge is 0.286 e. The fourth-order valence-corrected chi connectivity index (χ4v) is 4.01. The predicted molar refractivity (Wildman–Crippen MR) is 90.2 cm³/mol. The quantitative estimate of drug-likeness (QED) is 0.862. The largest absolute Gasteiger partial charge is 0.341 e. The number of hydrogen-bond acceptors (Lipinski definition) is 5. The number of sulfonamides is 1. The highest BCUT2D eigenvalue weighted by Crippen LogP contribution is 2.30. The first kappa shape index (κ1) is 17.2. The normalized spacial score (nSPS) is 26.5. The van der Waals surface area contributed by atoms with E-state index in [2.05, 4.69) is 21.5 Å². The Labute approximate surface area is 137 Å². The first-order valence-corrected chi connectivity index (χ1v) is 8.48. The van der Waals surface area contributed by atoms with Crippen LogP contribution in [-0.2, 0) is 10.0 Å². The van der Waals surface area contributed by atoms with Gasteiger partial charge in [-0.3, -0.25) is 4.90 Å². The molecule has 0 amide bonds. The Balaban J connectivity index is 0.00000176. The summed E-state index contributed by atoms with van der Waals surface area (Å²) in [7, 11) is -3.59. The first-order valence-electron chi connectivity index (χ1n) is 7.04. The summed E-state index contributed by atoms with van der Waals surface area (Å²) in [6, 6.07) is 6.84. The Morgan fingerprint density at radius 3 is 2.82 bits per heavy atom. The molecular weight excluding hydrogens is 324 g/mol. The van der Waals surface area contributed by atoms with Crippen LogP contribution in [0.25, 0.3) is 0 Å². The Morgan fingerprint density at radius 2 is 2.14 bits per heavy atom. The van der Waals surface area contributed by atoms with Crippen molar-refractivity contribution in [2.45, 2.75) is 18.2 Å². The highest BCUT2D eigenvalue weighted by atomic mass is 35.5. The molecule has 1 saturated heterocycles. The summed E-state index contributed by atoms with van der Waals surface area (Å²) in [6.45, 7) is 5.09. The molecule has 0 radical (unpaired) electrons. The molecule has 6 nitrogen and oxygen atoms in total. The number of nitrogens with zero attached hydrogens (tertiary/aromatic N) is 2. The van der Waals surface area contributed by atoms with E-state index in [4.69, 9.17) is 5.73 Å². The zero-order chi connectivity index (χ0) is 15.1. The molecule has 2 aliphatic heterocycles. The number of nitrogens with two attached hydrogens (primary N) is 1.